The first kappa shape index (κ1) is 20.5. The van der Waals surface area contributed by atoms with Crippen LogP contribution in [0.2, 0.25) is 0 Å². The van der Waals surface area contributed by atoms with E-state index in [1.807, 2.05) is 30.3 Å². The highest BCUT2D eigenvalue weighted by atomic mass is 19.1. The number of halogens is 1. The minimum Gasteiger partial charge on any atom is -0.339 e. The number of amides is 1. The molecular weight excluding hydrogens is 433 g/mol. The van der Waals surface area contributed by atoms with E-state index in [2.05, 4.69) is 10.1 Å². The van der Waals surface area contributed by atoms with Gasteiger partial charge in [0.25, 0.3) is 5.91 Å². The first-order valence-electron chi connectivity index (χ1n) is 11.3. The molecule has 3 aromatic carbocycles. The summed E-state index contributed by atoms with van der Waals surface area (Å²) in [6.45, 7) is 1.06. The average molecular weight is 453 g/mol. The Hall–Kier alpha value is -4.13. The number of aromatic nitrogens is 2. The summed E-state index contributed by atoms with van der Waals surface area (Å²) in [7, 11) is 0. The van der Waals surface area contributed by atoms with Gasteiger partial charge in [0.15, 0.2) is 5.78 Å². The molecule has 0 bridgehead atoms. The number of hydrogen-bond donors (Lipinski definition) is 0. The minimum atomic E-state index is -0.366. The summed E-state index contributed by atoms with van der Waals surface area (Å²) in [5, 5.41) is 4.00. The molecule has 1 saturated heterocycles. The molecule has 1 aliphatic heterocycles. The van der Waals surface area contributed by atoms with Crippen LogP contribution in [0.15, 0.2) is 71.3 Å². The molecule has 168 valence electrons. The average Bonchev–Trinajstić information content (AvgIpc) is 3.48. The van der Waals surface area contributed by atoms with Gasteiger partial charge in [0, 0.05) is 35.3 Å². The lowest BCUT2D eigenvalue weighted by molar-refractivity contribution is 0.0695. The third-order valence-electron chi connectivity index (χ3n) is 6.56. The number of hydrogen-bond acceptors (Lipinski definition) is 5. The van der Waals surface area contributed by atoms with E-state index in [9.17, 15) is 14.0 Å². The largest absolute Gasteiger partial charge is 0.339 e. The Morgan fingerprint density at radius 3 is 2.65 bits per heavy atom. The van der Waals surface area contributed by atoms with Gasteiger partial charge in [-0.05, 0) is 48.2 Å². The van der Waals surface area contributed by atoms with Gasteiger partial charge in [0.1, 0.15) is 5.82 Å². The Morgan fingerprint density at radius 2 is 1.79 bits per heavy atom. The zero-order valence-electron chi connectivity index (χ0n) is 18.2. The molecular formula is C27H20FN3O3. The molecule has 6 nitrogen and oxygen atoms in total. The van der Waals surface area contributed by atoms with Crippen LogP contribution in [-0.4, -0.2) is 39.8 Å². The van der Waals surface area contributed by atoms with Crippen LogP contribution in [0.3, 0.4) is 0 Å². The van der Waals surface area contributed by atoms with E-state index in [0.717, 1.165) is 24.0 Å². The Morgan fingerprint density at radius 1 is 0.971 bits per heavy atom. The van der Waals surface area contributed by atoms with Crippen molar-refractivity contribution in [3.8, 4) is 22.5 Å². The highest BCUT2D eigenvalue weighted by Crippen LogP contribution is 2.37. The topological polar surface area (TPSA) is 76.3 Å². The predicted molar refractivity (Wildman–Crippen MR) is 123 cm³/mol. The van der Waals surface area contributed by atoms with Gasteiger partial charge < -0.3 is 9.42 Å². The smallest absolute Gasteiger partial charge is 0.253 e. The van der Waals surface area contributed by atoms with E-state index < -0.39 is 0 Å². The van der Waals surface area contributed by atoms with E-state index in [1.165, 1.54) is 12.1 Å². The fourth-order valence-corrected chi connectivity index (χ4v) is 4.85. The molecule has 2 aliphatic rings. The van der Waals surface area contributed by atoms with Crippen molar-refractivity contribution >= 4 is 11.7 Å². The third kappa shape index (κ3) is 3.41. The minimum absolute atomic E-state index is 0.0486. The lowest BCUT2D eigenvalue weighted by Crippen LogP contribution is -2.39. The molecule has 34 heavy (non-hydrogen) atoms. The summed E-state index contributed by atoms with van der Waals surface area (Å²) in [5.74, 6) is 0.127. The molecule has 0 N–H and O–H groups in total. The maximum absolute atomic E-state index is 13.5. The van der Waals surface area contributed by atoms with Crippen LogP contribution >= 0.6 is 0 Å². The van der Waals surface area contributed by atoms with E-state index in [1.54, 1.807) is 29.2 Å². The van der Waals surface area contributed by atoms with E-state index in [4.69, 9.17) is 4.52 Å². The zero-order chi connectivity index (χ0) is 23.2. The number of ketones is 1. The number of fused-ring (bicyclic) bond motifs is 3. The number of rotatable bonds is 3. The molecule has 2 heterocycles. The molecule has 0 radical (unpaired) electrons. The van der Waals surface area contributed by atoms with Crippen LogP contribution in [0.4, 0.5) is 4.39 Å². The molecule has 1 fully saturated rings. The molecule has 0 saturated carbocycles. The normalized spacial score (nSPS) is 16.9. The lowest BCUT2D eigenvalue weighted by Gasteiger charge is -2.31. The molecule has 1 amide bonds. The zero-order valence-corrected chi connectivity index (χ0v) is 18.2. The van der Waals surface area contributed by atoms with Crippen LogP contribution in [0, 0.1) is 5.82 Å². The van der Waals surface area contributed by atoms with Gasteiger partial charge in [-0.1, -0.05) is 47.6 Å². The van der Waals surface area contributed by atoms with Gasteiger partial charge in [-0.15, -0.1) is 0 Å². The number of nitrogens with zero attached hydrogens (tertiary/aromatic N) is 3. The van der Waals surface area contributed by atoms with Crippen LogP contribution in [-0.2, 0) is 0 Å². The molecule has 4 aromatic rings. The Balaban J connectivity index is 1.22. The van der Waals surface area contributed by atoms with Crippen molar-refractivity contribution in [3.05, 3.63) is 95.1 Å². The van der Waals surface area contributed by atoms with Crippen molar-refractivity contribution in [1.29, 1.82) is 0 Å². The highest BCUT2D eigenvalue weighted by molar-refractivity contribution is 6.22. The van der Waals surface area contributed by atoms with Gasteiger partial charge in [-0.25, -0.2) is 4.39 Å². The summed E-state index contributed by atoms with van der Waals surface area (Å²) in [5.41, 5.74) is 4.05. The Labute approximate surface area is 195 Å². The number of carbonyl (C=O) groups is 2. The number of piperidine rings is 1. The predicted octanol–water partition coefficient (Wildman–Crippen LogP) is 5.11. The number of likely N-dealkylation sites (tertiary alicyclic amines) is 1. The summed E-state index contributed by atoms with van der Waals surface area (Å²) in [6.07, 6.45) is 1.61. The second-order valence-corrected chi connectivity index (χ2v) is 8.69. The summed E-state index contributed by atoms with van der Waals surface area (Å²) in [4.78, 5) is 32.4. The quantitative estimate of drug-likeness (QED) is 0.380. The third-order valence-corrected chi connectivity index (χ3v) is 6.56. The second-order valence-electron chi connectivity index (χ2n) is 8.69. The van der Waals surface area contributed by atoms with Gasteiger partial charge in [-0.2, -0.15) is 4.98 Å². The number of carbonyl (C=O) groups excluding carboxylic acids is 2. The molecule has 1 unspecified atom stereocenters. The van der Waals surface area contributed by atoms with Gasteiger partial charge in [0.05, 0.1) is 5.92 Å². The van der Waals surface area contributed by atoms with Crippen molar-refractivity contribution in [1.82, 2.24) is 15.0 Å². The van der Waals surface area contributed by atoms with Crippen molar-refractivity contribution in [2.45, 2.75) is 18.8 Å². The van der Waals surface area contributed by atoms with Crippen LogP contribution in [0.5, 0.6) is 0 Å². The molecule has 0 spiro atoms. The maximum Gasteiger partial charge on any atom is 0.253 e. The summed E-state index contributed by atoms with van der Waals surface area (Å²) >= 11 is 0. The molecule has 1 atom stereocenters. The van der Waals surface area contributed by atoms with Crippen molar-refractivity contribution in [3.63, 3.8) is 0 Å². The molecule has 1 aliphatic carbocycles. The fourth-order valence-electron chi connectivity index (χ4n) is 4.85. The van der Waals surface area contributed by atoms with E-state index >= 15 is 0 Å². The summed E-state index contributed by atoms with van der Waals surface area (Å²) < 4.78 is 19.0. The maximum atomic E-state index is 13.5. The van der Waals surface area contributed by atoms with Crippen LogP contribution < -0.4 is 0 Å². The molecule has 7 heteroatoms. The lowest BCUT2D eigenvalue weighted by atomic mass is 9.96. The Kier molecular flexibility index (Phi) is 4.83. The van der Waals surface area contributed by atoms with Crippen molar-refractivity contribution in [2.75, 3.05) is 13.1 Å². The van der Waals surface area contributed by atoms with Crippen molar-refractivity contribution < 1.29 is 18.5 Å². The first-order chi connectivity index (χ1) is 16.6. The molecule has 6 rings (SSSR count). The van der Waals surface area contributed by atoms with E-state index in [0.29, 0.717) is 47.1 Å². The van der Waals surface area contributed by atoms with Gasteiger partial charge >= 0.3 is 0 Å². The standard InChI is InChI=1S/C27H20FN3O3/c28-19-7-3-5-16(13-19)25-29-26(34-30-25)18-6-4-12-31(15-18)27(33)17-10-11-21-20-8-1-2-9-22(20)24(32)23(21)14-17/h1-3,5,7-11,13-14,18H,4,6,12,15H2. The Bertz CT molecular complexity index is 1440. The highest BCUT2D eigenvalue weighted by Gasteiger charge is 2.31. The van der Waals surface area contributed by atoms with Gasteiger partial charge in [-0.3, -0.25) is 9.59 Å². The van der Waals surface area contributed by atoms with Crippen molar-refractivity contribution in [2.24, 2.45) is 0 Å². The van der Waals surface area contributed by atoms with Crippen LogP contribution in [0.25, 0.3) is 22.5 Å². The SMILES string of the molecule is O=C1c2ccccc2-c2ccc(C(=O)N3CCCC(c4nc(-c5cccc(F)c5)no4)C3)cc21. The summed E-state index contributed by atoms with van der Waals surface area (Å²) in [6, 6.07) is 18.9. The first-order valence-corrected chi connectivity index (χ1v) is 11.3. The van der Waals surface area contributed by atoms with Gasteiger partial charge in [0.2, 0.25) is 11.7 Å². The second kappa shape index (κ2) is 8.02. The number of benzene rings is 3. The monoisotopic (exact) mass is 453 g/mol. The fraction of sp³-hybridized carbons (Fsp3) is 0.185. The van der Waals surface area contributed by atoms with Crippen LogP contribution in [0.1, 0.15) is 50.9 Å². The molecule has 1 aromatic heterocycles. The van der Waals surface area contributed by atoms with E-state index in [-0.39, 0.29) is 23.4 Å².